The summed E-state index contributed by atoms with van der Waals surface area (Å²) in [6, 6.07) is 15.0. The van der Waals surface area contributed by atoms with Crippen LogP contribution in [-0.2, 0) is 17.9 Å². The molecule has 2 saturated heterocycles. The first-order valence-corrected chi connectivity index (χ1v) is 13.3. The topological polar surface area (TPSA) is 72.0 Å². The van der Waals surface area contributed by atoms with Crippen LogP contribution in [0.4, 0.5) is 5.82 Å². The van der Waals surface area contributed by atoms with Crippen LogP contribution in [0.25, 0.3) is 10.8 Å². The normalized spacial score (nSPS) is 18.9. The predicted octanol–water partition coefficient (Wildman–Crippen LogP) is 4.61. The number of likely N-dealkylation sites (tertiary alicyclic amines) is 2. The van der Waals surface area contributed by atoms with Crippen molar-refractivity contribution < 1.29 is 14.2 Å². The van der Waals surface area contributed by atoms with E-state index < -0.39 is 0 Å². The summed E-state index contributed by atoms with van der Waals surface area (Å²) in [5.74, 6) is 3.24. The third kappa shape index (κ3) is 7.05. The van der Waals surface area contributed by atoms with Crippen LogP contribution in [0.15, 0.2) is 42.5 Å². The summed E-state index contributed by atoms with van der Waals surface area (Å²) in [6.07, 6.45) is 3.35. The number of benzene rings is 2. The van der Waals surface area contributed by atoms with Crippen molar-refractivity contribution in [2.45, 2.75) is 38.5 Å². The first-order valence-electron chi connectivity index (χ1n) is 13.3. The van der Waals surface area contributed by atoms with E-state index in [2.05, 4.69) is 56.6 Å². The van der Waals surface area contributed by atoms with Crippen molar-refractivity contribution in [2.24, 2.45) is 5.92 Å². The molecule has 38 heavy (non-hydrogen) atoms. The van der Waals surface area contributed by atoms with E-state index in [-0.39, 0.29) is 12.4 Å². The van der Waals surface area contributed by atoms with Crippen LogP contribution in [0, 0.1) is 5.92 Å². The molecule has 2 aliphatic heterocycles. The van der Waals surface area contributed by atoms with E-state index in [0.717, 1.165) is 79.4 Å². The number of fused-ring (bicyclic) bond motifs is 1. The first-order chi connectivity index (χ1) is 18.1. The molecule has 2 aliphatic rings. The Kier molecular flexibility index (Phi) is 10.0. The summed E-state index contributed by atoms with van der Waals surface area (Å²) in [4.78, 5) is 4.90. The molecule has 206 valence electrons. The van der Waals surface area contributed by atoms with Crippen molar-refractivity contribution >= 4 is 29.0 Å². The quantitative estimate of drug-likeness (QED) is 0.399. The summed E-state index contributed by atoms with van der Waals surface area (Å²) < 4.78 is 16.8. The maximum atomic E-state index is 6.05. The minimum atomic E-state index is 0. The molecule has 3 heterocycles. The molecule has 0 radical (unpaired) electrons. The van der Waals surface area contributed by atoms with Gasteiger partial charge < -0.3 is 24.4 Å². The number of ether oxygens (including phenoxy) is 3. The minimum absolute atomic E-state index is 0. The highest BCUT2D eigenvalue weighted by Gasteiger charge is 2.22. The number of hydrogen-bond acceptors (Lipinski definition) is 8. The molecule has 5 rings (SSSR count). The monoisotopic (exact) mass is 541 g/mol. The van der Waals surface area contributed by atoms with Gasteiger partial charge in [-0.25, -0.2) is 0 Å². The number of halogens is 1. The molecule has 9 heteroatoms. The van der Waals surface area contributed by atoms with Crippen molar-refractivity contribution in [3.05, 3.63) is 53.7 Å². The molecule has 0 amide bonds. The molecule has 0 saturated carbocycles. The van der Waals surface area contributed by atoms with E-state index in [9.17, 15) is 0 Å². The Hall–Kier alpha value is -2.65. The Morgan fingerprint density at radius 2 is 1.68 bits per heavy atom. The summed E-state index contributed by atoms with van der Waals surface area (Å²) in [5.41, 5.74) is 2.17. The molecule has 2 fully saturated rings. The second kappa shape index (κ2) is 13.4. The fraction of sp³-hybridized carbons (Fsp3) is 0.517. The zero-order valence-electron chi connectivity index (χ0n) is 22.7. The van der Waals surface area contributed by atoms with Crippen LogP contribution in [0.1, 0.15) is 30.5 Å². The van der Waals surface area contributed by atoms with Crippen molar-refractivity contribution in [3.8, 4) is 11.5 Å². The minimum Gasteiger partial charge on any atom is -0.497 e. The highest BCUT2D eigenvalue weighted by Crippen LogP contribution is 2.29. The SMILES string of the molecule is COCc1nnc(NC2CCN(Cc3ccc(OCC4CCN(C)C4)cc3)CC2)c2cc(OC)ccc12.Cl. The first kappa shape index (κ1) is 28.4. The van der Waals surface area contributed by atoms with Crippen molar-refractivity contribution in [1.82, 2.24) is 20.0 Å². The number of nitrogens with one attached hydrogen (secondary N) is 1. The van der Waals surface area contributed by atoms with Gasteiger partial charge in [-0.15, -0.1) is 17.5 Å². The van der Waals surface area contributed by atoms with E-state index in [1.807, 2.05) is 18.2 Å². The van der Waals surface area contributed by atoms with Crippen molar-refractivity contribution in [2.75, 3.05) is 59.4 Å². The van der Waals surface area contributed by atoms with Gasteiger partial charge in [0, 0.05) is 56.0 Å². The molecule has 1 atom stereocenters. The number of methoxy groups -OCH3 is 2. The molecule has 1 unspecified atom stereocenters. The predicted molar refractivity (Wildman–Crippen MR) is 154 cm³/mol. The average Bonchev–Trinajstić information content (AvgIpc) is 3.35. The van der Waals surface area contributed by atoms with Gasteiger partial charge in [-0.3, -0.25) is 4.90 Å². The van der Waals surface area contributed by atoms with Gasteiger partial charge in [0.25, 0.3) is 0 Å². The summed E-state index contributed by atoms with van der Waals surface area (Å²) in [6.45, 7) is 6.61. The fourth-order valence-corrected chi connectivity index (χ4v) is 5.42. The number of aromatic nitrogens is 2. The number of piperidine rings is 1. The second-order valence-electron chi connectivity index (χ2n) is 10.4. The molecule has 1 aromatic heterocycles. The standard InChI is InChI=1S/C29H39N5O3.ClH/c1-33-13-10-22(17-33)19-37-24-6-4-21(5-7-24)18-34-14-11-23(12-15-34)30-29-27-16-25(36-3)8-9-26(27)28(20-35-2)31-32-29;/h4-9,16,22-23H,10-15,17-20H2,1-3H3,(H,30,32);1H. The van der Waals surface area contributed by atoms with Crippen LogP contribution < -0.4 is 14.8 Å². The summed E-state index contributed by atoms with van der Waals surface area (Å²) in [7, 11) is 5.54. The third-order valence-electron chi connectivity index (χ3n) is 7.58. The molecule has 3 aromatic rings. The summed E-state index contributed by atoms with van der Waals surface area (Å²) >= 11 is 0. The highest BCUT2D eigenvalue weighted by molar-refractivity contribution is 5.94. The molecule has 1 N–H and O–H groups in total. The largest absolute Gasteiger partial charge is 0.497 e. The van der Waals surface area contributed by atoms with Gasteiger partial charge >= 0.3 is 0 Å². The fourth-order valence-electron chi connectivity index (χ4n) is 5.42. The second-order valence-corrected chi connectivity index (χ2v) is 10.4. The van der Waals surface area contributed by atoms with Gasteiger partial charge in [0.05, 0.1) is 26.0 Å². The van der Waals surface area contributed by atoms with Gasteiger partial charge in [0.1, 0.15) is 11.5 Å². The molecular formula is C29H40ClN5O3. The summed E-state index contributed by atoms with van der Waals surface area (Å²) in [5, 5.41) is 14.7. The lowest BCUT2D eigenvalue weighted by Crippen LogP contribution is -2.38. The van der Waals surface area contributed by atoms with Crippen LogP contribution in [0.3, 0.4) is 0 Å². The van der Waals surface area contributed by atoms with Crippen LogP contribution in [-0.4, -0.2) is 80.1 Å². The van der Waals surface area contributed by atoms with Gasteiger partial charge in [-0.05, 0) is 68.8 Å². The van der Waals surface area contributed by atoms with Gasteiger partial charge in [0.2, 0.25) is 0 Å². The third-order valence-corrected chi connectivity index (χ3v) is 7.58. The Labute approximate surface area is 232 Å². The lowest BCUT2D eigenvalue weighted by Gasteiger charge is -2.32. The number of hydrogen-bond donors (Lipinski definition) is 1. The molecule has 0 spiro atoms. The van der Waals surface area contributed by atoms with Crippen LogP contribution in [0.2, 0.25) is 0 Å². The Morgan fingerprint density at radius 1 is 0.921 bits per heavy atom. The van der Waals surface area contributed by atoms with Gasteiger partial charge in [-0.1, -0.05) is 12.1 Å². The van der Waals surface area contributed by atoms with E-state index in [4.69, 9.17) is 14.2 Å². The van der Waals surface area contributed by atoms with Crippen molar-refractivity contribution in [1.29, 1.82) is 0 Å². The lowest BCUT2D eigenvalue weighted by molar-refractivity contribution is 0.182. The van der Waals surface area contributed by atoms with Crippen LogP contribution >= 0.6 is 12.4 Å². The lowest BCUT2D eigenvalue weighted by atomic mass is 10.0. The van der Waals surface area contributed by atoms with E-state index in [0.29, 0.717) is 18.6 Å². The zero-order chi connectivity index (χ0) is 25.6. The number of nitrogens with zero attached hydrogens (tertiary/aromatic N) is 4. The zero-order valence-corrected chi connectivity index (χ0v) is 23.5. The van der Waals surface area contributed by atoms with E-state index in [1.165, 1.54) is 18.5 Å². The smallest absolute Gasteiger partial charge is 0.156 e. The van der Waals surface area contributed by atoms with Gasteiger partial charge in [-0.2, -0.15) is 5.10 Å². The highest BCUT2D eigenvalue weighted by atomic mass is 35.5. The molecule has 2 aromatic carbocycles. The molecule has 0 bridgehead atoms. The van der Waals surface area contributed by atoms with E-state index >= 15 is 0 Å². The van der Waals surface area contributed by atoms with Gasteiger partial charge in [0.15, 0.2) is 5.82 Å². The molecule has 0 aliphatic carbocycles. The average molecular weight is 542 g/mol. The molecule has 8 nitrogen and oxygen atoms in total. The Bertz CT molecular complexity index is 1170. The maximum absolute atomic E-state index is 6.05. The number of rotatable bonds is 10. The maximum Gasteiger partial charge on any atom is 0.156 e. The van der Waals surface area contributed by atoms with Crippen LogP contribution in [0.5, 0.6) is 11.5 Å². The van der Waals surface area contributed by atoms with E-state index in [1.54, 1.807) is 14.2 Å². The Balaban J connectivity index is 0.00000336. The number of anilines is 1. The van der Waals surface area contributed by atoms with Crippen molar-refractivity contribution in [3.63, 3.8) is 0 Å². The Morgan fingerprint density at radius 3 is 2.37 bits per heavy atom. The molecular weight excluding hydrogens is 502 g/mol.